The fourth-order valence-corrected chi connectivity index (χ4v) is 3.37. The Kier molecular flexibility index (Phi) is 5.00. The molecule has 0 atom stereocenters. The molecule has 0 aliphatic heterocycles. The van der Waals surface area contributed by atoms with Crippen molar-refractivity contribution in [2.75, 3.05) is 0 Å². The molecule has 4 rings (SSSR count). The van der Waals surface area contributed by atoms with Gasteiger partial charge in [-0.15, -0.1) is 10.2 Å². The molecule has 0 saturated heterocycles. The maximum atomic E-state index is 13.4. The number of aromatic nitrogens is 4. The van der Waals surface area contributed by atoms with E-state index in [1.54, 1.807) is 28.8 Å². The summed E-state index contributed by atoms with van der Waals surface area (Å²) in [7, 11) is 0. The number of pyridine rings is 1. The van der Waals surface area contributed by atoms with E-state index in [-0.39, 0.29) is 11.5 Å². The molecule has 2 aromatic carbocycles. The third-order valence-electron chi connectivity index (χ3n) is 3.95. The van der Waals surface area contributed by atoms with E-state index in [1.807, 2.05) is 0 Å². The van der Waals surface area contributed by atoms with Crippen molar-refractivity contribution in [3.63, 3.8) is 0 Å². The second-order valence-corrected chi connectivity index (χ2v) is 6.83. The van der Waals surface area contributed by atoms with Gasteiger partial charge in [0, 0.05) is 17.3 Å². The second-order valence-electron chi connectivity index (χ2n) is 5.84. The van der Waals surface area contributed by atoms with E-state index in [9.17, 15) is 18.9 Å². The summed E-state index contributed by atoms with van der Waals surface area (Å²) in [5.41, 5.74) is 1.09. The number of hydrogen-bond donors (Lipinski definition) is 0. The summed E-state index contributed by atoms with van der Waals surface area (Å²) >= 11 is 1.14. The summed E-state index contributed by atoms with van der Waals surface area (Å²) in [6.07, 6.45) is 1.15. The second kappa shape index (κ2) is 7.76. The SMILES string of the molecule is O=[N+]([O-])c1ccc(Sc2nnc(-c3ccc(F)cc3)n2-c2ccc(F)cc2)nc1. The molecule has 0 radical (unpaired) electrons. The van der Waals surface area contributed by atoms with Gasteiger partial charge < -0.3 is 0 Å². The van der Waals surface area contributed by atoms with E-state index in [0.717, 1.165) is 18.0 Å². The smallest absolute Gasteiger partial charge is 0.270 e. The molecule has 2 aromatic heterocycles. The standard InChI is InChI=1S/C19H11F2N5O2S/c20-13-3-1-12(2-4-13)18-23-24-19(25(18)15-7-5-14(21)6-8-15)29-17-10-9-16(11-22-17)26(27)28/h1-11H. The molecule has 0 fully saturated rings. The zero-order valence-electron chi connectivity index (χ0n) is 14.6. The van der Waals surface area contributed by atoms with Crippen molar-refractivity contribution in [1.82, 2.24) is 19.7 Å². The molecule has 0 N–H and O–H groups in total. The van der Waals surface area contributed by atoms with Gasteiger partial charge >= 0.3 is 0 Å². The predicted molar refractivity (Wildman–Crippen MR) is 102 cm³/mol. The first kappa shape index (κ1) is 18.7. The third kappa shape index (κ3) is 3.97. The van der Waals surface area contributed by atoms with Crippen LogP contribution in [0.3, 0.4) is 0 Å². The largest absolute Gasteiger partial charge is 0.287 e. The van der Waals surface area contributed by atoms with Gasteiger partial charge in [0.2, 0.25) is 5.16 Å². The van der Waals surface area contributed by atoms with Gasteiger partial charge in [-0.25, -0.2) is 13.8 Å². The van der Waals surface area contributed by atoms with Crippen LogP contribution in [0, 0.1) is 21.7 Å². The highest BCUT2D eigenvalue weighted by atomic mass is 32.2. The lowest BCUT2D eigenvalue weighted by Crippen LogP contribution is -2.00. The van der Waals surface area contributed by atoms with Gasteiger partial charge in [-0.2, -0.15) is 0 Å². The van der Waals surface area contributed by atoms with Gasteiger partial charge in [-0.3, -0.25) is 14.7 Å². The average molecular weight is 411 g/mol. The molecule has 29 heavy (non-hydrogen) atoms. The van der Waals surface area contributed by atoms with E-state index >= 15 is 0 Å². The fraction of sp³-hybridized carbons (Fsp3) is 0. The Bertz CT molecular complexity index is 1160. The van der Waals surface area contributed by atoms with Crippen molar-refractivity contribution in [3.05, 3.63) is 88.6 Å². The highest BCUT2D eigenvalue weighted by molar-refractivity contribution is 7.99. The molecule has 0 aliphatic rings. The number of benzene rings is 2. The van der Waals surface area contributed by atoms with Crippen molar-refractivity contribution in [1.29, 1.82) is 0 Å². The summed E-state index contributed by atoms with van der Waals surface area (Å²) in [5, 5.41) is 20.1. The molecule has 4 aromatic rings. The van der Waals surface area contributed by atoms with Gasteiger partial charge in [-0.05, 0) is 66.4 Å². The molecule has 0 saturated carbocycles. The molecular weight excluding hydrogens is 400 g/mol. The quantitative estimate of drug-likeness (QED) is 0.350. The summed E-state index contributed by atoms with van der Waals surface area (Å²) < 4.78 is 28.4. The lowest BCUT2D eigenvalue weighted by molar-refractivity contribution is -0.385. The Morgan fingerprint density at radius 2 is 1.55 bits per heavy atom. The molecule has 144 valence electrons. The van der Waals surface area contributed by atoms with Gasteiger partial charge in [0.1, 0.15) is 22.9 Å². The molecule has 0 amide bonds. The summed E-state index contributed by atoms with van der Waals surface area (Å²) in [6, 6.07) is 14.4. The number of hydrogen-bond acceptors (Lipinski definition) is 6. The summed E-state index contributed by atoms with van der Waals surface area (Å²) in [6.45, 7) is 0. The van der Waals surface area contributed by atoms with E-state index in [1.165, 1.54) is 36.4 Å². The maximum absolute atomic E-state index is 13.4. The fourth-order valence-electron chi connectivity index (χ4n) is 2.58. The van der Waals surface area contributed by atoms with Crippen LogP contribution in [0.1, 0.15) is 0 Å². The van der Waals surface area contributed by atoms with E-state index in [4.69, 9.17) is 0 Å². The van der Waals surface area contributed by atoms with Crippen LogP contribution in [0.25, 0.3) is 17.1 Å². The van der Waals surface area contributed by atoms with Crippen molar-refractivity contribution < 1.29 is 13.7 Å². The molecule has 2 heterocycles. The first-order chi connectivity index (χ1) is 14.0. The number of rotatable bonds is 5. The third-order valence-corrected chi connectivity index (χ3v) is 4.85. The van der Waals surface area contributed by atoms with E-state index in [0.29, 0.717) is 27.3 Å². The molecule has 10 heteroatoms. The number of halogens is 2. The Labute approximate surface area is 167 Å². The lowest BCUT2D eigenvalue weighted by atomic mass is 10.2. The minimum atomic E-state index is -0.533. The van der Waals surface area contributed by atoms with Crippen LogP contribution in [-0.4, -0.2) is 24.7 Å². The monoisotopic (exact) mass is 411 g/mol. The molecule has 0 aliphatic carbocycles. The number of nitro groups is 1. The van der Waals surface area contributed by atoms with E-state index in [2.05, 4.69) is 15.2 Å². The molecular formula is C19H11F2N5O2S. The molecule has 0 unspecified atom stereocenters. The minimum absolute atomic E-state index is 0.124. The molecule has 7 nitrogen and oxygen atoms in total. The Hall–Kier alpha value is -3.66. The maximum Gasteiger partial charge on any atom is 0.287 e. The van der Waals surface area contributed by atoms with Crippen LogP contribution >= 0.6 is 11.8 Å². The summed E-state index contributed by atoms with van der Waals surface area (Å²) in [5.74, 6) is -0.344. The average Bonchev–Trinajstić information content (AvgIpc) is 3.13. The predicted octanol–water partition coefficient (Wildman–Crippen LogP) is 4.67. The minimum Gasteiger partial charge on any atom is -0.270 e. The zero-order valence-corrected chi connectivity index (χ0v) is 15.4. The van der Waals surface area contributed by atoms with Crippen LogP contribution < -0.4 is 0 Å². The Morgan fingerprint density at radius 3 is 2.14 bits per heavy atom. The van der Waals surface area contributed by atoms with Crippen LogP contribution in [0.4, 0.5) is 14.5 Å². The molecule has 0 bridgehead atoms. The van der Waals surface area contributed by atoms with Gasteiger partial charge in [0.15, 0.2) is 5.82 Å². The Morgan fingerprint density at radius 1 is 0.897 bits per heavy atom. The topological polar surface area (TPSA) is 86.7 Å². The van der Waals surface area contributed by atoms with Crippen molar-refractivity contribution >= 4 is 17.4 Å². The lowest BCUT2D eigenvalue weighted by Gasteiger charge is -2.10. The zero-order chi connectivity index (χ0) is 20.4. The summed E-state index contributed by atoms with van der Waals surface area (Å²) in [4.78, 5) is 14.3. The van der Waals surface area contributed by atoms with Crippen molar-refractivity contribution in [2.24, 2.45) is 0 Å². The highest BCUT2D eigenvalue weighted by Crippen LogP contribution is 2.32. The van der Waals surface area contributed by atoms with Gasteiger partial charge in [0.25, 0.3) is 5.69 Å². The molecule has 0 spiro atoms. The highest BCUT2D eigenvalue weighted by Gasteiger charge is 2.18. The van der Waals surface area contributed by atoms with E-state index < -0.39 is 10.7 Å². The van der Waals surface area contributed by atoms with Crippen molar-refractivity contribution in [2.45, 2.75) is 10.2 Å². The first-order valence-electron chi connectivity index (χ1n) is 8.27. The number of nitrogens with zero attached hydrogens (tertiary/aromatic N) is 5. The van der Waals surface area contributed by atoms with Gasteiger partial charge in [-0.1, -0.05) is 0 Å². The first-order valence-corrected chi connectivity index (χ1v) is 9.08. The van der Waals surface area contributed by atoms with Crippen LogP contribution in [0.2, 0.25) is 0 Å². The normalized spacial score (nSPS) is 10.8. The van der Waals surface area contributed by atoms with Crippen LogP contribution in [0.5, 0.6) is 0 Å². The van der Waals surface area contributed by atoms with Crippen LogP contribution in [0.15, 0.2) is 77.0 Å². The van der Waals surface area contributed by atoms with Crippen LogP contribution in [-0.2, 0) is 0 Å². The van der Waals surface area contributed by atoms with Crippen molar-refractivity contribution in [3.8, 4) is 17.1 Å². The Balaban J connectivity index is 1.78. The van der Waals surface area contributed by atoms with Gasteiger partial charge in [0.05, 0.1) is 4.92 Å².